The van der Waals surface area contributed by atoms with Gasteiger partial charge in [-0.05, 0) is 49.2 Å². The Morgan fingerprint density at radius 3 is 2.43 bits per heavy atom. The van der Waals surface area contributed by atoms with Crippen LogP contribution in [0.3, 0.4) is 0 Å². The minimum Gasteiger partial charge on any atom is -0.507 e. The number of fused-ring (bicyclic) bond motifs is 4. The molecule has 1 saturated carbocycles. The summed E-state index contributed by atoms with van der Waals surface area (Å²) in [5, 5.41) is 11.6. The molecule has 3 N–H and O–H groups in total. The molecule has 0 unspecified atom stereocenters. The van der Waals surface area contributed by atoms with E-state index >= 15 is 0 Å². The molecule has 0 atom stereocenters. The fraction of sp³-hybridized carbons (Fsp3) is 0.375. The molecule has 156 valence electrons. The van der Waals surface area contributed by atoms with Crippen LogP contribution in [0, 0.1) is 11.2 Å². The fourth-order valence-corrected chi connectivity index (χ4v) is 5.39. The smallest absolute Gasteiger partial charge is 0.223 e. The number of carbonyl (C=O) groups is 1. The summed E-state index contributed by atoms with van der Waals surface area (Å²) in [7, 11) is 0. The molecular weight excluding hydrogens is 383 g/mol. The largest absolute Gasteiger partial charge is 0.507 e. The van der Waals surface area contributed by atoms with Gasteiger partial charge in [-0.15, -0.1) is 0 Å². The van der Waals surface area contributed by atoms with Crippen LogP contribution in [0.15, 0.2) is 42.5 Å². The number of primary amides is 1. The average Bonchev–Trinajstić information content (AvgIpc) is 3.02. The molecule has 2 aliphatic rings. The maximum absolute atomic E-state index is 13.6. The van der Waals surface area contributed by atoms with Gasteiger partial charge in [0.2, 0.25) is 5.91 Å². The van der Waals surface area contributed by atoms with Crippen molar-refractivity contribution in [2.24, 2.45) is 11.1 Å². The van der Waals surface area contributed by atoms with E-state index < -0.39 is 11.0 Å². The zero-order valence-electron chi connectivity index (χ0n) is 17.3. The van der Waals surface area contributed by atoms with Gasteiger partial charge in [0.15, 0.2) is 0 Å². The maximum atomic E-state index is 13.6. The standard InChI is InChI=1S/C24H25FN2O3/c1-22(2)13-30-24(11-23(3,12-24)21(26)29)19-18-16(5-4-6-17(18)28)27(20(19)22)15-9-7-14(25)8-10-15/h4-10,28H,11-13H2,1-3H3,(H2,26,29)/t23-,24+. The van der Waals surface area contributed by atoms with E-state index in [-0.39, 0.29) is 22.9 Å². The van der Waals surface area contributed by atoms with Crippen LogP contribution in [0.2, 0.25) is 0 Å². The van der Waals surface area contributed by atoms with Crippen LogP contribution in [0.1, 0.15) is 44.9 Å². The molecule has 5 nitrogen and oxygen atoms in total. The highest BCUT2D eigenvalue weighted by atomic mass is 19.1. The first-order valence-corrected chi connectivity index (χ1v) is 10.2. The third kappa shape index (κ3) is 2.40. The van der Waals surface area contributed by atoms with E-state index in [0.29, 0.717) is 19.4 Å². The summed E-state index contributed by atoms with van der Waals surface area (Å²) in [5.74, 6) is -0.477. The fourth-order valence-electron chi connectivity index (χ4n) is 5.39. The van der Waals surface area contributed by atoms with Crippen molar-refractivity contribution in [1.82, 2.24) is 4.57 Å². The lowest BCUT2D eigenvalue weighted by Crippen LogP contribution is -2.59. The van der Waals surface area contributed by atoms with Gasteiger partial charge in [-0.3, -0.25) is 4.79 Å². The van der Waals surface area contributed by atoms with E-state index in [1.807, 2.05) is 13.0 Å². The molecule has 6 heteroatoms. The average molecular weight is 408 g/mol. The number of nitrogens with zero attached hydrogens (tertiary/aromatic N) is 1. The van der Waals surface area contributed by atoms with Gasteiger partial charge < -0.3 is 20.1 Å². The highest BCUT2D eigenvalue weighted by Crippen LogP contribution is 2.62. The topological polar surface area (TPSA) is 77.5 Å². The second kappa shape index (κ2) is 5.85. The Bertz CT molecular complexity index is 1190. The summed E-state index contributed by atoms with van der Waals surface area (Å²) in [6.07, 6.45) is 0.935. The van der Waals surface area contributed by atoms with Crippen molar-refractivity contribution in [2.45, 2.75) is 44.6 Å². The Labute approximate surface area is 174 Å². The highest BCUT2D eigenvalue weighted by molar-refractivity contribution is 5.95. The molecule has 1 aliphatic heterocycles. The number of carbonyl (C=O) groups excluding carboxylic acids is 1. The Morgan fingerprint density at radius 2 is 1.80 bits per heavy atom. The molecule has 30 heavy (non-hydrogen) atoms. The van der Waals surface area contributed by atoms with Crippen molar-refractivity contribution in [3.05, 3.63) is 59.5 Å². The molecule has 0 bridgehead atoms. The lowest BCUT2D eigenvalue weighted by Gasteiger charge is -2.56. The van der Waals surface area contributed by atoms with E-state index in [4.69, 9.17) is 10.5 Å². The van der Waals surface area contributed by atoms with E-state index in [1.165, 1.54) is 12.1 Å². The molecule has 1 spiro atoms. The zero-order chi connectivity index (χ0) is 21.5. The van der Waals surface area contributed by atoms with Crippen LogP contribution < -0.4 is 5.73 Å². The molecule has 3 aromatic rings. The zero-order valence-corrected chi connectivity index (χ0v) is 17.3. The number of benzene rings is 2. The summed E-state index contributed by atoms with van der Waals surface area (Å²) >= 11 is 0. The molecule has 2 heterocycles. The molecule has 1 fully saturated rings. The third-order valence-electron chi connectivity index (χ3n) is 6.81. The Balaban J connectivity index is 1.85. The van der Waals surface area contributed by atoms with Crippen molar-refractivity contribution in [2.75, 3.05) is 6.61 Å². The lowest BCUT2D eigenvalue weighted by atomic mass is 9.55. The van der Waals surface area contributed by atoms with Gasteiger partial charge in [-0.25, -0.2) is 4.39 Å². The molecule has 0 radical (unpaired) electrons. The number of halogens is 1. The van der Waals surface area contributed by atoms with Gasteiger partial charge in [0.05, 0.1) is 23.1 Å². The Kier molecular flexibility index (Phi) is 3.73. The summed E-state index contributed by atoms with van der Waals surface area (Å²) in [6.45, 7) is 6.52. The lowest BCUT2D eigenvalue weighted by molar-refractivity contribution is -0.193. The van der Waals surface area contributed by atoms with Crippen LogP contribution in [0.4, 0.5) is 4.39 Å². The van der Waals surface area contributed by atoms with Gasteiger partial charge in [0.25, 0.3) is 0 Å². The number of amides is 1. The SMILES string of the molecule is CC1(C)CO[C@]2(C[C@@](C)(C(N)=O)C2)c2c1n(-c1ccc(F)cc1)c1cccc(O)c12. The number of hydrogen-bond donors (Lipinski definition) is 2. The number of nitrogens with two attached hydrogens (primary N) is 1. The van der Waals surface area contributed by atoms with E-state index in [0.717, 1.165) is 27.8 Å². The number of aromatic nitrogens is 1. The van der Waals surface area contributed by atoms with E-state index in [2.05, 4.69) is 18.4 Å². The van der Waals surface area contributed by atoms with Crippen LogP contribution in [0.5, 0.6) is 5.75 Å². The molecule has 1 aromatic heterocycles. The van der Waals surface area contributed by atoms with Crippen LogP contribution in [0.25, 0.3) is 16.6 Å². The van der Waals surface area contributed by atoms with Crippen molar-refractivity contribution in [3.63, 3.8) is 0 Å². The molecular formula is C24H25FN2O3. The maximum Gasteiger partial charge on any atom is 0.223 e. The first-order valence-electron chi connectivity index (χ1n) is 10.2. The quantitative estimate of drug-likeness (QED) is 0.665. The van der Waals surface area contributed by atoms with Crippen molar-refractivity contribution in [1.29, 1.82) is 0 Å². The van der Waals surface area contributed by atoms with Crippen LogP contribution in [-0.4, -0.2) is 22.2 Å². The third-order valence-corrected chi connectivity index (χ3v) is 6.81. The molecule has 1 aliphatic carbocycles. The monoisotopic (exact) mass is 408 g/mol. The number of aromatic hydroxyl groups is 1. The highest BCUT2D eigenvalue weighted by Gasteiger charge is 2.62. The number of hydrogen-bond acceptors (Lipinski definition) is 3. The number of ether oxygens (including phenoxy) is 1. The van der Waals surface area contributed by atoms with Gasteiger partial charge in [-0.1, -0.05) is 26.8 Å². The predicted molar refractivity (Wildman–Crippen MR) is 112 cm³/mol. The summed E-state index contributed by atoms with van der Waals surface area (Å²) in [6, 6.07) is 11.8. The second-order valence-corrected chi connectivity index (χ2v) is 9.65. The minimum absolute atomic E-state index is 0.165. The van der Waals surface area contributed by atoms with Gasteiger partial charge in [0, 0.05) is 27.7 Å². The molecule has 2 aromatic carbocycles. The summed E-state index contributed by atoms with van der Waals surface area (Å²) in [4.78, 5) is 12.0. The van der Waals surface area contributed by atoms with E-state index in [9.17, 15) is 14.3 Å². The number of rotatable bonds is 2. The van der Waals surface area contributed by atoms with Crippen molar-refractivity contribution >= 4 is 16.8 Å². The molecule has 1 amide bonds. The van der Waals surface area contributed by atoms with Crippen LogP contribution >= 0.6 is 0 Å². The van der Waals surface area contributed by atoms with Gasteiger partial charge >= 0.3 is 0 Å². The number of phenolic OH excluding ortho intramolecular Hbond substituents is 1. The van der Waals surface area contributed by atoms with Crippen molar-refractivity contribution < 1.29 is 19.0 Å². The normalized spacial score (nSPS) is 27.1. The molecule has 5 rings (SSSR count). The van der Waals surface area contributed by atoms with Gasteiger partial charge in [0.1, 0.15) is 11.6 Å². The summed E-state index contributed by atoms with van der Waals surface area (Å²) in [5.41, 5.74) is 7.55. The minimum atomic E-state index is -0.684. The van der Waals surface area contributed by atoms with Crippen molar-refractivity contribution in [3.8, 4) is 11.4 Å². The first-order chi connectivity index (χ1) is 14.1. The molecule has 0 saturated heterocycles. The Hall–Kier alpha value is -2.86. The van der Waals surface area contributed by atoms with Gasteiger partial charge in [-0.2, -0.15) is 0 Å². The first kappa shape index (κ1) is 19.1. The second-order valence-electron chi connectivity index (χ2n) is 9.65. The Morgan fingerprint density at radius 1 is 1.13 bits per heavy atom. The van der Waals surface area contributed by atoms with E-state index in [1.54, 1.807) is 24.3 Å². The predicted octanol–water partition coefficient (Wildman–Crippen LogP) is 4.26. The summed E-state index contributed by atoms with van der Waals surface area (Å²) < 4.78 is 22.2. The number of phenols is 1. The van der Waals surface area contributed by atoms with Crippen LogP contribution in [-0.2, 0) is 20.5 Å².